The summed E-state index contributed by atoms with van der Waals surface area (Å²) in [5, 5.41) is 7.24. The third-order valence-electron chi connectivity index (χ3n) is 6.91. The maximum atomic E-state index is 3.81. The van der Waals surface area contributed by atoms with Crippen LogP contribution < -0.4 is 15.5 Å². The second kappa shape index (κ2) is 9.34. The van der Waals surface area contributed by atoms with E-state index in [1.807, 2.05) is 0 Å². The van der Waals surface area contributed by atoms with Crippen molar-refractivity contribution in [2.75, 3.05) is 57.3 Å². The van der Waals surface area contributed by atoms with Crippen molar-refractivity contribution in [1.82, 2.24) is 15.5 Å². The summed E-state index contributed by atoms with van der Waals surface area (Å²) in [4.78, 5) is 5.14. The van der Waals surface area contributed by atoms with Gasteiger partial charge in [0.25, 0.3) is 0 Å². The smallest absolute Gasteiger partial charge is 0.0372 e. The minimum atomic E-state index is 0.666. The second-order valence-electron chi connectivity index (χ2n) is 8.90. The number of nitrogens with one attached hydrogen (secondary N) is 2. The minimum Gasteiger partial charge on any atom is -0.371 e. The molecule has 3 aliphatic rings. The van der Waals surface area contributed by atoms with Gasteiger partial charge in [-0.25, -0.2) is 0 Å². The van der Waals surface area contributed by atoms with E-state index in [2.05, 4.69) is 75.0 Å². The number of fused-ring (bicyclic) bond motifs is 1. The minimum absolute atomic E-state index is 0.666. The first-order valence-electron chi connectivity index (χ1n) is 11.7. The molecule has 2 aromatic rings. The molecule has 5 rings (SSSR count). The molecule has 0 atom stereocenters. The maximum Gasteiger partial charge on any atom is 0.0372 e. The maximum absolute atomic E-state index is 3.81. The van der Waals surface area contributed by atoms with E-state index in [0.717, 1.165) is 39.1 Å². The summed E-state index contributed by atoms with van der Waals surface area (Å²) in [5.41, 5.74) is 7.03. The molecule has 158 valence electrons. The van der Waals surface area contributed by atoms with Gasteiger partial charge in [0.2, 0.25) is 0 Å². The fourth-order valence-electron chi connectivity index (χ4n) is 5.07. The fraction of sp³-hybridized carbons (Fsp3) is 0.462. The van der Waals surface area contributed by atoms with Crippen LogP contribution in [0.25, 0.3) is 11.6 Å². The van der Waals surface area contributed by atoms with Crippen LogP contribution in [0.1, 0.15) is 29.5 Å². The number of benzene rings is 2. The number of rotatable bonds is 6. The first kappa shape index (κ1) is 19.8. The monoisotopic (exact) mass is 402 g/mol. The molecule has 2 aliphatic heterocycles. The fourth-order valence-corrected chi connectivity index (χ4v) is 5.07. The van der Waals surface area contributed by atoms with Gasteiger partial charge < -0.3 is 15.5 Å². The summed E-state index contributed by atoms with van der Waals surface area (Å²) in [6.07, 6.45) is 5.89. The van der Waals surface area contributed by atoms with Crippen LogP contribution >= 0.6 is 0 Å². The Morgan fingerprint density at radius 3 is 2.60 bits per heavy atom. The van der Waals surface area contributed by atoms with Crippen molar-refractivity contribution in [3.63, 3.8) is 0 Å². The molecule has 0 unspecified atom stereocenters. The number of piperidine rings is 1. The molecule has 2 aromatic carbocycles. The lowest BCUT2D eigenvalue weighted by molar-refractivity contribution is 0.235. The zero-order chi connectivity index (χ0) is 20.2. The van der Waals surface area contributed by atoms with E-state index in [1.165, 1.54) is 60.4 Å². The molecule has 30 heavy (non-hydrogen) atoms. The second-order valence-corrected chi connectivity index (χ2v) is 8.90. The van der Waals surface area contributed by atoms with E-state index in [4.69, 9.17) is 0 Å². The lowest BCUT2D eigenvalue weighted by atomic mass is 10.0. The predicted octanol–water partition coefficient (Wildman–Crippen LogP) is 3.25. The van der Waals surface area contributed by atoms with Crippen molar-refractivity contribution in [3.05, 3.63) is 65.2 Å². The topological polar surface area (TPSA) is 30.5 Å². The Labute approximate surface area is 181 Å². The standard InChI is InChI=1S/C26H34N4/c1-2-5-22-19-24(18-21(22)4-1)23-6-3-7-26(20-23)30-13-8-25(9-14-30)28-12-17-29-15-10-27-11-16-29/h1-7,18,20,25,27-28H,8-17,19H2. The van der Waals surface area contributed by atoms with Gasteiger partial charge in [-0.3, -0.25) is 4.90 Å². The van der Waals surface area contributed by atoms with E-state index in [1.54, 1.807) is 0 Å². The summed E-state index contributed by atoms with van der Waals surface area (Å²) in [7, 11) is 0. The average Bonchev–Trinajstić information content (AvgIpc) is 3.25. The van der Waals surface area contributed by atoms with Crippen molar-refractivity contribution in [2.24, 2.45) is 0 Å². The quantitative estimate of drug-likeness (QED) is 0.777. The molecule has 0 amide bonds. The molecule has 0 bridgehead atoms. The highest BCUT2D eigenvalue weighted by atomic mass is 15.2. The third kappa shape index (κ3) is 4.61. The molecule has 2 saturated heterocycles. The Kier molecular flexibility index (Phi) is 6.16. The SMILES string of the molecule is C1=C(c2cccc(N3CCC(NCCN4CCNCC4)CC3)c2)Cc2ccccc21. The highest BCUT2D eigenvalue weighted by Crippen LogP contribution is 2.33. The van der Waals surface area contributed by atoms with Gasteiger partial charge in [0, 0.05) is 64.1 Å². The van der Waals surface area contributed by atoms with Crippen LogP contribution in [0.3, 0.4) is 0 Å². The van der Waals surface area contributed by atoms with Gasteiger partial charge in [0.1, 0.15) is 0 Å². The molecule has 4 nitrogen and oxygen atoms in total. The molecule has 0 radical (unpaired) electrons. The van der Waals surface area contributed by atoms with Crippen LogP contribution in [0.5, 0.6) is 0 Å². The van der Waals surface area contributed by atoms with Crippen LogP contribution in [-0.4, -0.2) is 63.3 Å². The number of piperazine rings is 1. The number of nitrogens with zero attached hydrogens (tertiary/aromatic N) is 2. The third-order valence-corrected chi connectivity index (χ3v) is 6.91. The van der Waals surface area contributed by atoms with Crippen LogP contribution in [-0.2, 0) is 6.42 Å². The summed E-state index contributed by atoms with van der Waals surface area (Å²) in [6, 6.07) is 18.6. The molecule has 0 aromatic heterocycles. The van der Waals surface area contributed by atoms with Gasteiger partial charge in [0.05, 0.1) is 0 Å². The molecule has 0 spiro atoms. The largest absolute Gasteiger partial charge is 0.371 e. The van der Waals surface area contributed by atoms with Crippen molar-refractivity contribution < 1.29 is 0 Å². The number of hydrogen-bond acceptors (Lipinski definition) is 4. The molecule has 0 saturated carbocycles. The Morgan fingerprint density at radius 2 is 1.77 bits per heavy atom. The highest BCUT2D eigenvalue weighted by molar-refractivity contribution is 5.89. The summed E-state index contributed by atoms with van der Waals surface area (Å²) < 4.78 is 0. The number of hydrogen-bond donors (Lipinski definition) is 2. The van der Waals surface area contributed by atoms with Gasteiger partial charge >= 0.3 is 0 Å². The molecule has 2 heterocycles. The van der Waals surface area contributed by atoms with Gasteiger partial charge in [-0.1, -0.05) is 42.5 Å². The normalized spacial score (nSPS) is 20.3. The van der Waals surface area contributed by atoms with Gasteiger partial charge in [-0.15, -0.1) is 0 Å². The Balaban J connectivity index is 1.13. The van der Waals surface area contributed by atoms with E-state index in [-0.39, 0.29) is 0 Å². The highest BCUT2D eigenvalue weighted by Gasteiger charge is 2.20. The summed E-state index contributed by atoms with van der Waals surface area (Å²) in [5.74, 6) is 0. The van der Waals surface area contributed by atoms with Crippen LogP contribution in [0.15, 0.2) is 48.5 Å². The summed E-state index contributed by atoms with van der Waals surface area (Å²) >= 11 is 0. The lowest BCUT2D eigenvalue weighted by Gasteiger charge is -2.35. The first-order valence-corrected chi connectivity index (χ1v) is 11.7. The van der Waals surface area contributed by atoms with E-state index < -0.39 is 0 Å². The zero-order valence-electron chi connectivity index (χ0n) is 17.9. The van der Waals surface area contributed by atoms with E-state index in [9.17, 15) is 0 Å². The van der Waals surface area contributed by atoms with Crippen molar-refractivity contribution >= 4 is 17.3 Å². The molecule has 1 aliphatic carbocycles. The first-order chi connectivity index (χ1) is 14.8. The summed E-state index contributed by atoms with van der Waals surface area (Å²) in [6.45, 7) is 9.26. The average molecular weight is 403 g/mol. The number of anilines is 1. The molecule has 4 heteroatoms. The van der Waals surface area contributed by atoms with Crippen LogP contribution in [0.4, 0.5) is 5.69 Å². The van der Waals surface area contributed by atoms with Crippen LogP contribution in [0, 0.1) is 0 Å². The van der Waals surface area contributed by atoms with Gasteiger partial charge in [-0.2, -0.15) is 0 Å². The van der Waals surface area contributed by atoms with Gasteiger partial charge in [0.15, 0.2) is 0 Å². The molecular weight excluding hydrogens is 368 g/mol. The Hall–Kier alpha value is -2.14. The molecular formula is C26H34N4. The lowest BCUT2D eigenvalue weighted by Crippen LogP contribution is -2.48. The van der Waals surface area contributed by atoms with E-state index in [0.29, 0.717) is 6.04 Å². The van der Waals surface area contributed by atoms with Crippen LogP contribution in [0.2, 0.25) is 0 Å². The number of allylic oxidation sites excluding steroid dienone is 1. The van der Waals surface area contributed by atoms with Crippen molar-refractivity contribution in [1.29, 1.82) is 0 Å². The van der Waals surface area contributed by atoms with Crippen molar-refractivity contribution in [3.8, 4) is 0 Å². The van der Waals surface area contributed by atoms with Crippen molar-refractivity contribution in [2.45, 2.75) is 25.3 Å². The zero-order valence-corrected chi connectivity index (χ0v) is 17.9. The molecule has 2 N–H and O–H groups in total. The Bertz CT molecular complexity index is 876. The predicted molar refractivity (Wildman–Crippen MR) is 127 cm³/mol. The molecule has 2 fully saturated rings. The Morgan fingerprint density at radius 1 is 0.933 bits per heavy atom. The van der Waals surface area contributed by atoms with E-state index >= 15 is 0 Å². The van der Waals surface area contributed by atoms with Gasteiger partial charge in [-0.05, 0) is 53.7 Å².